The molecule has 0 fully saturated rings. The number of imidazole rings is 1. The summed E-state index contributed by atoms with van der Waals surface area (Å²) in [6, 6.07) is 15.9. The molecule has 3 aromatic rings. The first-order valence-corrected chi connectivity index (χ1v) is 9.58. The van der Waals surface area contributed by atoms with Crippen LogP contribution in [0, 0.1) is 6.92 Å². The standard InChI is InChI=1S/C19H18BrN3OS/c1-13-8-9-16(15(20)10-13)22-18(24)12-25-19-21-11-17(23(19)2)14-6-4-3-5-7-14/h3-11H,12H2,1-2H3,(H,22,24). The molecule has 4 nitrogen and oxygen atoms in total. The Morgan fingerprint density at radius 3 is 2.72 bits per heavy atom. The molecule has 0 radical (unpaired) electrons. The van der Waals surface area contributed by atoms with Crippen LogP contribution in [-0.2, 0) is 11.8 Å². The summed E-state index contributed by atoms with van der Waals surface area (Å²) in [4.78, 5) is 16.7. The van der Waals surface area contributed by atoms with E-state index in [1.54, 1.807) is 0 Å². The molecule has 0 saturated heterocycles. The fraction of sp³-hybridized carbons (Fsp3) is 0.158. The highest BCUT2D eigenvalue weighted by Crippen LogP contribution is 2.26. The lowest BCUT2D eigenvalue weighted by atomic mass is 10.2. The molecule has 1 aromatic heterocycles. The second kappa shape index (κ2) is 7.89. The highest BCUT2D eigenvalue weighted by molar-refractivity contribution is 9.10. The number of amides is 1. The number of nitrogens with zero attached hydrogens (tertiary/aromatic N) is 2. The van der Waals surface area contributed by atoms with Crippen molar-refractivity contribution in [2.45, 2.75) is 12.1 Å². The number of aryl methyl sites for hydroxylation is 1. The number of thioether (sulfide) groups is 1. The molecule has 0 saturated carbocycles. The van der Waals surface area contributed by atoms with Crippen molar-refractivity contribution in [3.63, 3.8) is 0 Å². The maximum atomic E-state index is 12.2. The first kappa shape index (κ1) is 17.8. The zero-order valence-electron chi connectivity index (χ0n) is 14.0. The molecule has 1 N–H and O–H groups in total. The smallest absolute Gasteiger partial charge is 0.234 e. The van der Waals surface area contributed by atoms with Crippen LogP contribution in [-0.4, -0.2) is 21.2 Å². The Morgan fingerprint density at radius 2 is 2.00 bits per heavy atom. The Labute approximate surface area is 159 Å². The summed E-state index contributed by atoms with van der Waals surface area (Å²) < 4.78 is 2.89. The molecule has 6 heteroatoms. The van der Waals surface area contributed by atoms with Crippen molar-refractivity contribution < 1.29 is 4.79 Å². The lowest BCUT2D eigenvalue weighted by Crippen LogP contribution is -2.14. The van der Waals surface area contributed by atoms with Crippen molar-refractivity contribution in [3.8, 4) is 11.3 Å². The molecule has 0 aliphatic rings. The summed E-state index contributed by atoms with van der Waals surface area (Å²) in [6.45, 7) is 2.01. The maximum absolute atomic E-state index is 12.2. The van der Waals surface area contributed by atoms with Gasteiger partial charge < -0.3 is 9.88 Å². The Morgan fingerprint density at radius 1 is 1.24 bits per heavy atom. The van der Waals surface area contributed by atoms with Gasteiger partial charge in [0.2, 0.25) is 5.91 Å². The molecule has 25 heavy (non-hydrogen) atoms. The molecule has 3 rings (SSSR count). The fourth-order valence-corrected chi connectivity index (χ4v) is 3.79. The number of carbonyl (C=O) groups excluding carboxylic acids is 1. The first-order valence-electron chi connectivity index (χ1n) is 7.80. The largest absolute Gasteiger partial charge is 0.324 e. The minimum Gasteiger partial charge on any atom is -0.324 e. The van der Waals surface area contributed by atoms with Crippen LogP contribution in [0.15, 0.2) is 64.4 Å². The van der Waals surface area contributed by atoms with Gasteiger partial charge in [0.1, 0.15) is 0 Å². The van der Waals surface area contributed by atoms with E-state index in [4.69, 9.17) is 0 Å². The minimum atomic E-state index is -0.0567. The van der Waals surface area contributed by atoms with E-state index in [1.807, 2.05) is 73.3 Å². The van der Waals surface area contributed by atoms with Gasteiger partial charge in [-0.05, 0) is 46.1 Å². The lowest BCUT2D eigenvalue weighted by Gasteiger charge is -2.08. The average Bonchev–Trinajstić information content (AvgIpc) is 2.97. The van der Waals surface area contributed by atoms with Crippen LogP contribution in [0.1, 0.15) is 5.56 Å². The number of hydrogen-bond acceptors (Lipinski definition) is 3. The lowest BCUT2D eigenvalue weighted by molar-refractivity contribution is -0.113. The summed E-state index contributed by atoms with van der Waals surface area (Å²) >= 11 is 4.90. The van der Waals surface area contributed by atoms with Crippen molar-refractivity contribution in [2.75, 3.05) is 11.1 Å². The number of nitrogens with one attached hydrogen (secondary N) is 1. The summed E-state index contributed by atoms with van der Waals surface area (Å²) in [6.07, 6.45) is 1.84. The highest BCUT2D eigenvalue weighted by atomic mass is 79.9. The van der Waals surface area contributed by atoms with Gasteiger partial charge in [-0.3, -0.25) is 4.79 Å². The van der Waals surface area contributed by atoms with Crippen LogP contribution < -0.4 is 5.32 Å². The van der Waals surface area contributed by atoms with Crippen LogP contribution >= 0.6 is 27.7 Å². The molecule has 1 heterocycles. The Balaban J connectivity index is 1.64. The van der Waals surface area contributed by atoms with E-state index >= 15 is 0 Å². The molecule has 0 bridgehead atoms. The van der Waals surface area contributed by atoms with E-state index in [9.17, 15) is 4.79 Å². The zero-order valence-corrected chi connectivity index (χ0v) is 16.4. The third-order valence-electron chi connectivity index (χ3n) is 3.75. The monoisotopic (exact) mass is 415 g/mol. The average molecular weight is 416 g/mol. The zero-order chi connectivity index (χ0) is 17.8. The van der Waals surface area contributed by atoms with Crippen LogP contribution in [0.2, 0.25) is 0 Å². The molecule has 1 amide bonds. The first-order chi connectivity index (χ1) is 12.0. The van der Waals surface area contributed by atoms with E-state index in [1.165, 1.54) is 11.8 Å². The predicted molar refractivity (Wildman–Crippen MR) is 107 cm³/mol. The molecular weight excluding hydrogens is 398 g/mol. The number of rotatable bonds is 5. The van der Waals surface area contributed by atoms with Gasteiger partial charge in [0, 0.05) is 11.5 Å². The normalized spacial score (nSPS) is 10.7. The number of aromatic nitrogens is 2. The van der Waals surface area contributed by atoms with Gasteiger partial charge in [-0.1, -0.05) is 48.2 Å². The molecule has 0 unspecified atom stereocenters. The molecule has 0 spiro atoms. The number of carbonyl (C=O) groups is 1. The molecule has 0 atom stereocenters. The third kappa shape index (κ3) is 4.32. The van der Waals surface area contributed by atoms with Gasteiger partial charge in [-0.25, -0.2) is 4.98 Å². The number of hydrogen-bond donors (Lipinski definition) is 1. The Bertz CT molecular complexity index is 893. The van der Waals surface area contributed by atoms with Crippen LogP contribution in [0.25, 0.3) is 11.3 Å². The summed E-state index contributed by atoms with van der Waals surface area (Å²) in [5.41, 5.74) is 4.06. The Hall–Kier alpha value is -2.05. The molecule has 128 valence electrons. The van der Waals surface area contributed by atoms with Gasteiger partial charge in [-0.2, -0.15) is 0 Å². The van der Waals surface area contributed by atoms with Crippen LogP contribution in [0.4, 0.5) is 5.69 Å². The van der Waals surface area contributed by atoms with E-state index in [0.29, 0.717) is 5.75 Å². The van der Waals surface area contributed by atoms with Crippen LogP contribution in [0.5, 0.6) is 0 Å². The van der Waals surface area contributed by atoms with Crippen molar-refractivity contribution in [2.24, 2.45) is 7.05 Å². The maximum Gasteiger partial charge on any atom is 0.234 e. The fourth-order valence-electron chi connectivity index (χ4n) is 2.44. The van der Waals surface area contributed by atoms with Crippen molar-refractivity contribution in [3.05, 3.63) is 64.8 Å². The molecule has 2 aromatic carbocycles. The van der Waals surface area contributed by atoms with Crippen molar-refractivity contribution in [1.29, 1.82) is 0 Å². The minimum absolute atomic E-state index is 0.0567. The van der Waals surface area contributed by atoms with E-state index in [2.05, 4.69) is 26.2 Å². The topological polar surface area (TPSA) is 46.9 Å². The third-order valence-corrected chi connectivity index (χ3v) is 5.45. The quantitative estimate of drug-likeness (QED) is 0.603. The second-order valence-electron chi connectivity index (χ2n) is 5.67. The summed E-state index contributed by atoms with van der Waals surface area (Å²) in [7, 11) is 1.96. The molecule has 0 aliphatic carbocycles. The predicted octanol–water partition coefficient (Wildman–Crippen LogP) is 4.89. The van der Waals surface area contributed by atoms with E-state index in [-0.39, 0.29) is 5.91 Å². The van der Waals surface area contributed by atoms with Crippen LogP contribution in [0.3, 0.4) is 0 Å². The van der Waals surface area contributed by atoms with Gasteiger partial charge in [0.25, 0.3) is 0 Å². The van der Waals surface area contributed by atoms with Gasteiger partial charge >= 0.3 is 0 Å². The Kier molecular flexibility index (Phi) is 5.60. The van der Waals surface area contributed by atoms with Gasteiger partial charge in [-0.15, -0.1) is 0 Å². The van der Waals surface area contributed by atoms with Gasteiger partial charge in [0.15, 0.2) is 5.16 Å². The summed E-state index contributed by atoms with van der Waals surface area (Å²) in [5, 5.41) is 3.74. The van der Waals surface area contributed by atoms with E-state index in [0.717, 1.165) is 32.1 Å². The van der Waals surface area contributed by atoms with E-state index < -0.39 is 0 Å². The highest BCUT2D eigenvalue weighted by Gasteiger charge is 2.12. The van der Waals surface area contributed by atoms with Crippen molar-refractivity contribution in [1.82, 2.24) is 9.55 Å². The molecule has 0 aliphatic heterocycles. The number of halogens is 1. The molecular formula is C19H18BrN3OS. The van der Waals surface area contributed by atoms with Crippen molar-refractivity contribution >= 4 is 39.3 Å². The summed E-state index contributed by atoms with van der Waals surface area (Å²) in [5.74, 6) is 0.248. The SMILES string of the molecule is Cc1ccc(NC(=O)CSc2ncc(-c3ccccc3)n2C)c(Br)c1. The van der Waals surface area contributed by atoms with Gasteiger partial charge in [0.05, 0.1) is 23.3 Å². The second-order valence-corrected chi connectivity index (χ2v) is 7.47. The number of anilines is 1. The number of benzene rings is 2.